The fraction of sp³-hybridized carbons (Fsp3) is 0.694. The lowest BCUT2D eigenvalue weighted by molar-refractivity contribution is -0.0241. The van der Waals surface area contributed by atoms with Gasteiger partial charge in [0, 0.05) is 29.9 Å². The van der Waals surface area contributed by atoms with Gasteiger partial charge in [0.25, 0.3) is 11.5 Å². The number of fused-ring (bicyclic) bond motifs is 2. The van der Waals surface area contributed by atoms with Crippen LogP contribution in [0.2, 0.25) is 0 Å². The molecule has 8 nitrogen and oxygen atoms in total. The van der Waals surface area contributed by atoms with E-state index >= 15 is 0 Å². The van der Waals surface area contributed by atoms with Crippen molar-refractivity contribution in [1.82, 2.24) is 9.55 Å². The van der Waals surface area contributed by atoms with E-state index in [1.54, 1.807) is 10.6 Å². The number of carboxylic acid groups (broad SMARTS) is 1. The van der Waals surface area contributed by atoms with E-state index in [1.165, 1.54) is 0 Å². The summed E-state index contributed by atoms with van der Waals surface area (Å²) in [6.45, 7) is 4.78. The topological polar surface area (TPSA) is 119 Å². The van der Waals surface area contributed by atoms with E-state index in [2.05, 4.69) is 12.2 Å². The Morgan fingerprint density at radius 1 is 1.23 bits per heavy atom. The third-order valence-electron chi connectivity index (χ3n) is 11.6. The Hall–Kier alpha value is -2.56. The molecule has 4 aliphatic rings. The molecule has 6 rings (SSSR count). The van der Waals surface area contributed by atoms with Crippen LogP contribution in [0.1, 0.15) is 110 Å². The maximum atomic E-state index is 13.8. The predicted octanol–water partition coefficient (Wildman–Crippen LogP) is 6.68. The number of alkyl halides is 3. The monoisotopic (exact) mass is 674 g/mol. The van der Waals surface area contributed by atoms with Gasteiger partial charge in [0.2, 0.25) is 0 Å². The van der Waals surface area contributed by atoms with Gasteiger partial charge in [-0.05, 0) is 94.6 Å². The van der Waals surface area contributed by atoms with Crippen LogP contribution in [0.15, 0.2) is 23.0 Å². The molecule has 0 spiro atoms. The molecule has 3 aliphatic carbocycles. The molecule has 0 saturated heterocycles. The molecule has 11 heteroatoms. The first-order chi connectivity index (χ1) is 22.4. The SMILES string of the molecule is Cc1nc2c(c(=O)n1CCOC1CCC(Cl)CC1C1CC(C)Nc3c(C(=O)O)cccc31)C[C@@H](CCCC[C@@]1(CN)CC1(F)F)CC2. The highest BCUT2D eigenvalue weighted by atomic mass is 35.5. The lowest BCUT2D eigenvalue weighted by Crippen LogP contribution is -2.40. The molecule has 1 aromatic heterocycles. The Balaban J connectivity index is 1.09. The van der Waals surface area contributed by atoms with Crippen LogP contribution in [0.5, 0.6) is 0 Å². The molecule has 7 atom stereocenters. The summed E-state index contributed by atoms with van der Waals surface area (Å²) in [5.74, 6) is -2.28. The molecule has 0 radical (unpaired) electrons. The van der Waals surface area contributed by atoms with Crippen molar-refractivity contribution in [1.29, 1.82) is 0 Å². The van der Waals surface area contributed by atoms with Crippen molar-refractivity contribution in [2.24, 2.45) is 23.0 Å². The van der Waals surface area contributed by atoms with Gasteiger partial charge in [-0.2, -0.15) is 0 Å². The number of carboxylic acids is 1. The van der Waals surface area contributed by atoms with Gasteiger partial charge in [0.1, 0.15) is 5.82 Å². The number of carbonyl (C=O) groups is 1. The average molecular weight is 675 g/mol. The summed E-state index contributed by atoms with van der Waals surface area (Å²) >= 11 is 6.72. The summed E-state index contributed by atoms with van der Waals surface area (Å²) in [7, 11) is 0. The number of hydrogen-bond acceptors (Lipinski definition) is 6. The lowest BCUT2D eigenvalue weighted by Gasteiger charge is -2.43. The van der Waals surface area contributed by atoms with Crippen LogP contribution < -0.4 is 16.6 Å². The van der Waals surface area contributed by atoms with Gasteiger partial charge in [-0.3, -0.25) is 9.36 Å². The van der Waals surface area contributed by atoms with E-state index < -0.39 is 17.3 Å². The van der Waals surface area contributed by atoms with Crippen LogP contribution in [0, 0.1) is 24.2 Å². The molecule has 1 aromatic carbocycles. The van der Waals surface area contributed by atoms with Gasteiger partial charge in [0.05, 0.1) is 41.6 Å². The Labute approximate surface area is 280 Å². The van der Waals surface area contributed by atoms with Crippen molar-refractivity contribution >= 4 is 23.3 Å². The minimum atomic E-state index is -2.61. The van der Waals surface area contributed by atoms with Crippen molar-refractivity contribution in [3.8, 4) is 0 Å². The van der Waals surface area contributed by atoms with Gasteiger partial charge < -0.3 is 20.9 Å². The van der Waals surface area contributed by atoms with Crippen LogP contribution in [0.4, 0.5) is 14.5 Å². The number of ether oxygens (including phenoxy) is 1. The summed E-state index contributed by atoms with van der Waals surface area (Å²) < 4.78 is 35.9. The smallest absolute Gasteiger partial charge is 0.337 e. The minimum absolute atomic E-state index is 0.00355. The minimum Gasteiger partial charge on any atom is -0.478 e. The Morgan fingerprint density at radius 3 is 2.74 bits per heavy atom. The summed E-state index contributed by atoms with van der Waals surface area (Å²) in [6.07, 6.45) is 8.55. The number of para-hydroxylation sites is 1. The maximum Gasteiger partial charge on any atom is 0.337 e. The predicted molar refractivity (Wildman–Crippen MR) is 179 cm³/mol. The molecule has 2 aromatic rings. The number of anilines is 1. The Bertz CT molecular complexity index is 1540. The fourth-order valence-electron chi connectivity index (χ4n) is 8.77. The van der Waals surface area contributed by atoms with Crippen molar-refractivity contribution in [2.75, 3.05) is 18.5 Å². The van der Waals surface area contributed by atoms with E-state index in [0.717, 1.165) is 74.6 Å². The number of nitrogens with two attached hydrogens (primary N) is 1. The first kappa shape index (κ1) is 34.3. The highest BCUT2D eigenvalue weighted by Crippen LogP contribution is 2.62. The van der Waals surface area contributed by atoms with Gasteiger partial charge in [-0.15, -0.1) is 11.6 Å². The fourth-order valence-corrected chi connectivity index (χ4v) is 9.10. The first-order valence-electron chi connectivity index (χ1n) is 17.5. The van der Waals surface area contributed by atoms with Crippen LogP contribution in [0.25, 0.3) is 0 Å². The van der Waals surface area contributed by atoms with E-state index in [1.807, 2.05) is 19.1 Å². The second kappa shape index (κ2) is 13.7. The summed E-state index contributed by atoms with van der Waals surface area (Å²) in [5, 5.41) is 13.3. The lowest BCUT2D eigenvalue weighted by atomic mass is 9.70. The number of aryl methyl sites for hydroxylation is 2. The molecule has 0 amide bonds. The van der Waals surface area contributed by atoms with Gasteiger partial charge >= 0.3 is 5.97 Å². The molecule has 0 bridgehead atoms. The Morgan fingerprint density at radius 2 is 2.02 bits per heavy atom. The van der Waals surface area contributed by atoms with Gasteiger partial charge in [-0.1, -0.05) is 31.4 Å². The maximum absolute atomic E-state index is 13.8. The molecule has 2 heterocycles. The summed E-state index contributed by atoms with van der Waals surface area (Å²) in [6, 6.07) is 5.60. The summed E-state index contributed by atoms with van der Waals surface area (Å²) in [5.41, 5.74) is 8.35. The van der Waals surface area contributed by atoms with Crippen LogP contribution in [-0.4, -0.2) is 57.2 Å². The number of nitrogens with one attached hydrogen (secondary N) is 1. The third kappa shape index (κ3) is 6.97. The molecule has 2 saturated carbocycles. The highest BCUT2D eigenvalue weighted by Gasteiger charge is 2.69. The number of benzene rings is 1. The van der Waals surface area contributed by atoms with Crippen molar-refractivity contribution in [2.45, 2.75) is 127 Å². The van der Waals surface area contributed by atoms with E-state index in [4.69, 9.17) is 27.1 Å². The van der Waals surface area contributed by atoms with E-state index in [0.29, 0.717) is 43.4 Å². The van der Waals surface area contributed by atoms with Crippen molar-refractivity contribution < 1.29 is 23.4 Å². The number of nitrogens with zero attached hydrogens (tertiary/aromatic N) is 2. The molecular weight excluding hydrogens is 626 g/mol. The summed E-state index contributed by atoms with van der Waals surface area (Å²) in [4.78, 5) is 30.6. The van der Waals surface area contributed by atoms with E-state index in [9.17, 15) is 23.5 Å². The normalized spacial score (nSPS) is 31.0. The second-order valence-corrected chi connectivity index (χ2v) is 15.3. The molecule has 4 N–H and O–H groups in total. The average Bonchev–Trinajstić information content (AvgIpc) is 3.60. The molecular formula is C36H49ClF2N4O4. The zero-order valence-corrected chi connectivity index (χ0v) is 28.3. The number of aromatic nitrogens is 2. The van der Waals surface area contributed by atoms with Crippen molar-refractivity contribution in [3.63, 3.8) is 0 Å². The first-order valence-corrected chi connectivity index (χ1v) is 17.9. The van der Waals surface area contributed by atoms with Gasteiger partial charge in [-0.25, -0.2) is 18.6 Å². The van der Waals surface area contributed by atoms with Crippen LogP contribution in [0.3, 0.4) is 0 Å². The number of halogens is 3. The Kier molecular flexibility index (Phi) is 10.0. The van der Waals surface area contributed by atoms with Gasteiger partial charge in [0.15, 0.2) is 0 Å². The zero-order chi connectivity index (χ0) is 33.5. The quantitative estimate of drug-likeness (QED) is 0.170. The number of unbranched alkanes of at least 4 members (excludes halogenated alkanes) is 1. The zero-order valence-electron chi connectivity index (χ0n) is 27.6. The second-order valence-electron chi connectivity index (χ2n) is 14.7. The standard InChI is InChI=1S/C36H49ClF2N4O4/c1-21-16-27(25-7-5-8-26(34(45)46)32(25)41-21)28-18-24(37)10-12-31(28)47-15-14-43-22(2)42-30-11-9-23(17-29(30)33(43)44)6-3-4-13-35(20-40)19-36(35,38)39/h5,7-8,21,23-24,27-28,31,41H,3-4,6,9-20,40H2,1-2H3,(H,45,46)/t21?,23-,24?,27?,28?,31?,35-/m0/s1. The third-order valence-corrected chi connectivity index (χ3v) is 12.0. The highest BCUT2D eigenvalue weighted by molar-refractivity contribution is 6.20. The van der Waals surface area contributed by atoms with Crippen LogP contribution in [-0.2, 0) is 24.1 Å². The molecule has 5 unspecified atom stereocenters. The molecule has 1 aliphatic heterocycles. The number of aromatic carboxylic acids is 1. The molecule has 2 fully saturated rings. The largest absolute Gasteiger partial charge is 0.478 e. The molecule has 258 valence electrons. The van der Waals surface area contributed by atoms with E-state index in [-0.39, 0.29) is 53.4 Å². The number of rotatable bonds is 12. The number of hydrogen-bond donors (Lipinski definition) is 3. The van der Waals surface area contributed by atoms with Crippen molar-refractivity contribution in [3.05, 3.63) is 56.8 Å². The molecule has 47 heavy (non-hydrogen) atoms. The van der Waals surface area contributed by atoms with Crippen LogP contribution >= 0.6 is 11.6 Å².